The van der Waals surface area contributed by atoms with Gasteiger partial charge in [-0.1, -0.05) is 36.7 Å². The summed E-state index contributed by atoms with van der Waals surface area (Å²) in [7, 11) is 0. The van der Waals surface area contributed by atoms with Crippen molar-refractivity contribution in [3.05, 3.63) is 58.6 Å². The lowest BCUT2D eigenvalue weighted by Gasteiger charge is -2.13. The molecule has 0 atom stereocenters. The second-order valence-electron chi connectivity index (χ2n) is 4.13. The Bertz CT molecular complexity index is 611. The molecule has 0 fully saturated rings. The van der Waals surface area contributed by atoms with Crippen LogP contribution in [0.3, 0.4) is 0 Å². The first-order valence-electron chi connectivity index (χ1n) is 5.99. The van der Waals surface area contributed by atoms with Crippen LogP contribution in [0.5, 0.6) is 0 Å². The lowest BCUT2D eigenvalue weighted by Crippen LogP contribution is -2.03. The fraction of sp³-hybridized carbons (Fsp3) is 0.133. The van der Waals surface area contributed by atoms with Crippen molar-refractivity contribution in [2.45, 2.75) is 13.3 Å². The summed E-state index contributed by atoms with van der Waals surface area (Å²) in [4.78, 5) is 11.2. The zero-order valence-corrected chi connectivity index (χ0v) is 11.2. The molecule has 2 aromatic rings. The highest BCUT2D eigenvalue weighted by Crippen LogP contribution is 2.26. The topological polar surface area (TPSA) is 49.3 Å². The van der Waals surface area contributed by atoms with Crippen molar-refractivity contribution < 1.29 is 9.90 Å². The molecule has 0 radical (unpaired) electrons. The number of rotatable bonds is 4. The van der Waals surface area contributed by atoms with Gasteiger partial charge in [-0.25, -0.2) is 4.79 Å². The molecule has 0 heterocycles. The molecule has 0 saturated carbocycles. The maximum atomic E-state index is 11.2. The number of hydrogen-bond donors (Lipinski definition) is 2. The molecule has 0 spiro atoms. The first kappa shape index (κ1) is 13.4. The highest BCUT2D eigenvalue weighted by molar-refractivity contribution is 6.31. The molecule has 0 aromatic heterocycles. The molecule has 3 nitrogen and oxygen atoms in total. The van der Waals surface area contributed by atoms with E-state index in [9.17, 15) is 9.90 Å². The summed E-state index contributed by atoms with van der Waals surface area (Å²) < 4.78 is 0. The summed E-state index contributed by atoms with van der Waals surface area (Å²) in [6, 6.07) is 12.6. The number of carboxylic acid groups (broad SMARTS) is 1. The van der Waals surface area contributed by atoms with E-state index in [1.165, 1.54) is 6.07 Å². The van der Waals surface area contributed by atoms with E-state index >= 15 is 0 Å². The average Bonchev–Trinajstić information content (AvgIpc) is 2.41. The summed E-state index contributed by atoms with van der Waals surface area (Å²) in [5, 5.41) is 12.8. The van der Waals surface area contributed by atoms with Crippen LogP contribution >= 0.6 is 11.6 Å². The molecule has 0 unspecified atom stereocenters. The number of hydrogen-bond acceptors (Lipinski definition) is 2. The van der Waals surface area contributed by atoms with Crippen LogP contribution in [0.1, 0.15) is 22.8 Å². The number of carboxylic acids is 1. The van der Waals surface area contributed by atoms with E-state index in [1.54, 1.807) is 12.1 Å². The standard InChI is InChI=1S/C15H14ClNO2/c1-2-10-5-3-4-6-13(10)17-14-8-7-11(16)9-12(14)15(18)19/h3-9,17H,2H2,1H3,(H,18,19). The highest BCUT2D eigenvalue weighted by Gasteiger charge is 2.11. The Kier molecular flexibility index (Phi) is 4.07. The summed E-state index contributed by atoms with van der Waals surface area (Å²) in [5.74, 6) is -1.00. The Morgan fingerprint density at radius 2 is 1.95 bits per heavy atom. The molecular formula is C15H14ClNO2. The van der Waals surface area contributed by atoms with Gasteiger partial charge in [0.2, 0.25) is 0 Å². The minimum Gasteiger partial charge on any atom is -0.478 e. The van der Waals surface area contributed by atoms with Gasteiger partial charge in [-0.05, 0) is 36.2 Å². The van der Waals surface area contributed by atoms with Crippen molar-refractivity contribution in [1.82, 2.24) is 0 Å². The fourth-order valence-corrected chi connectivity index (χ4v) is 2.07. The Hall–Kier alpha value is -2.00. The van der Waals surface area contributed by atoms with E-state index in [-0.39, 0.29) is 5.56 Å². The molecule has 0 bridgehead atoms. The number of anilines is 2. The lowest BCUT2D eigenvalue weighted by atomic mass is 10.1. The van der Waals surface area contributed by atoms with E-state index in [4.69, 9.17) is 11.6 Å². The fourth-order valence-electron chi connectivity index (χ4n) is 1.90. The number of aromatic carboxylic acids is 1. The Labute approximate surface area is 116 Å². The molecular weight excluding hydrogens is 262 g/mol. The van der Waals surface area contributed by atoms with Crippen LogP contribution in [0.2, 0.25) is 5.02 Å². The van der Waals surface area contributed by atoms with Crippen LogP contribution in [0.25, 0.3) is 0 Å². The molecule has 98 valence electrons. The van der Waals surface area contributed by atoms with Gasteiger partial charge in [-0.2, -0.15) is 0 Å². The van der Waals surface area contributed by atoms with E-state index in [2.05, 4.69) is 12.2 Å². The second kappa shape index (κ2) is 5.76. The third kappa shape index (κ3) is 3.06. The van der Waals surface area contributed by atoms with Crippen molar-refractivity contribution in [3.63, 3.8) is 0 Å². The molecule has 0 aliphatic heterocycles. The molecule has 2 N–H and O–H groups in total. The van der Waals surface area contributed by atoms with Gasteiger partial charge in [-0.15, -0.1) is 0 Å². The van der Waals surface area contributed by atoms with Crippen molar-refractivity contribution in [2.75, 3.05) is 5.32 Å². The molecule has 0 amide bonds. The number of nitrogens with one attached hydrogen (secondary N) is 1. The Balaban J connectivity index is 2.41. The highest BCUT2D eigenvalue weighted by atomic mass is 35.5. The third-order valence-corrected chi connectivity index (χ3v) is 3.11. The molecule has 2 rings (SSSR count). The molecule has 0 saturated heterocycles. The first-order chi connectivity index (χ1) is 9.11. The van der Waals surface area contributed by atoms with Gasteiger partial charge in [0.1, 0.15) is 0 Å². The predicted molar refractivity (Wildman–Crippen MR) is 77.5 cm³/mol. The monoisotopic (exact) mass is 275 g/mol. The van der Waals surface area contributed by atoms with Crippen LogP contribution in [0, 0.1) is 0 Å². The molecule has 2 aromatic carbocycles. The van der Waals surface area contributed by atoms with E-state index < -0.39 is 5.97 Å². The van der Waals surface area contributed by atoms with Crippen LogP contribution in [-0.4, -0.2) is 11.1 Å². The predicted octanol–water partition coefficient (Wildman–Crippen LogP) is 4.34. The number of halogens is 1. The molecule has 4 heteroatoms. The zero-order chi connectivity index (χ0) is 13.8. The summed E-state index contributed by atoms with van der Waals surface area (Å²) >= 11 is 5.83. The molecule has 0 aliphatic carbocycles. The quantitative estimate of drug-likeness (QED) is 0.872. The SMILES string of the molecule is CCc1ccccc1Nc1ccc(Cl)cc1C(=O)O. The lowest BCUT2D eigenvalue weighted by molar-refractivity contribution is 0.0698. The van der Waals surface area contributed by atoms with E-state index in [1.807, 2.05) is 24.3 Å². The summed E-state index contributed by atoms with van der Waals surface area (Å²) in [6.45, 7) is 2.06. The average molecular weight is 276 g/mol. The summed E-state index contributed by atoms with van der Waals surface area (Å²) in [5.41, 5.74) is 2.75. The number of carbonyl (C=O) groups is 1. The minimum absolute atomic E-state index is 0.165. The van der Waals surface area contributed by atoms with Gasteiger partial charge in [0.15, 0.2) is 0 Å². The van der Waals surface area contributed by atoms with Crippen LogP contribution in [0.15, 0.2) is 42.5 Å². The maximum Gasteiger partial charge on any atom is 0.337 e. The number of benzene rings is 2. The van der Waals surface area contributed by atoms with Gasteiger partial charge in [0.25, 0.3) is 0 Å². The van der Waals surface area contributed by atoms with Crippen LogP contribution in [-0.2, 0) is 6.42 Å². The van der Waals surface area contributed by atoms with E-state index in [0.717, 1.165) is 17.7 Å². The smallest absolute Gasteiger partial charge is 0.337 e. The molecule has 0 aliphatic rings. The Morgan fingerprint density at radius 1 is 1.21 bits per heavy atom. The largest absolute Gasteiger partial charge is 0.478 e. The van der Waals surface area contributed by atoms with Crippen LogP contribution in [0.4, 0.5) is 11.4 Å². The zero-order valence-electron chi connectivity index (χ0n) is 10.5. The van der Waals surface area contributed by atoms with Crippen molar-refractivity contribution >= 4 is 28.9 Å². The van der Waals surface area contributed by atoms with Gasteiger partial charge < -0.3 is 10.4 Å². The second-order valence-corrected chi connectivity index (χ2v) is 4.57. The maximum absolute atomic E-state index is 11.2. The van der Waals surface area contributed by atoms with Gasteiger partial charge in [0.05, 0.1) is 11.3 Å². The van der Waals surface area contributed by atoms with Crippen molar-refractivity contribution in [1.29, 1.82) is 0 Å². The van der Waals surface area contributed by atoms with Gasteiger partial charge in [-0.3, -0.25) is 0 Å². The number of aryl methyl sites for hydroxylation is 1. The van der Waals surface area contributed by atoms with E-state index in [0.29, 0.717) is 10.7 Å². The van der Waals surface area contributed by atoms with Crippen molar-refractivity contribution in [3.8, 4) is 0 Å². The van der Waals surface area contributed by atoms with Crippen LogP contribution < -0.4 is 5.32 Å². The Morgan fingerprint density at radius 3 is 2.63 bits per heavy atom. The van der Waals surface area contributed by atoms with Gasteiger partial charge >= 0.3 is 5.97 Å². The third-order valence-electron chi connectivity index (χ3n) is 2.88. The van der Waals surface area contributed by atoms with Gasteiger partial charge in [0, 0.05) is 10.7 Å². The summed E-state index contributed by atoms with van der Waals surface area (Å²) in [6.07, 6.45) is 0.874. The first-order valence-corrected chi connectivity index (χ1v) is 6.37. The number of para-hydroxylation sites is 1. The minimum atomic E-state index is -1.00. The normalized spacial score (nSPS) is 10.2. The molecule has 19 heavy (non-hydrogen) atoms. The van der Waals surface area contributed by atoms with Crippen molar-refractivity contribution in [2.24, 2.45) is 0 Å².